The Balaban J connectivity index is 1.41. The van der Waals surface area contributed by atoms with Crippen molar-refractivity contribution < 1.29 is 8.60 Å². The van der Waals surface area contributed by atoms with Gasteiger partial charge in [0, 0.05) is 60.3 Å². The molecule has 0 radical (unpaired) electrons. The van der Waals surface area contributed by atoms with Crippen LogP contribution in [0.2, 0.25) is 0 Å². The molecule has 0 atom stereocenters. The molecule has 12 heteroatoms. The summed E-state index contributed by atoms with van der Waals surface area (Å²) in [6.45, 7) is 3.39. The average Bonchev–Trinajstić information content (AvgIpc) is 3.22. The van der Waals surface area contributed by atoms with Crippen LogP contribution in [0.1, 0.15) is 0 Å². The van der Waals surface area contributed by atoms with Gasteiger partial charge in [0.15, 0.2) is 17.3 Å². The van der Waals surface area contributed by atoms with Gasteiger partial charge in [0.1, 0.15) is 5.82 Å². The molecule has 1 N–H and O–H groups in total. The van der Waals surface area contributed by atoms with Crippen LogP contribution in [-0.2, 0) is 9.73 Å². The zero-order valence-corrected chi connectivity index (χ0v) is 20.5. The monoisotopic (exact) mass is 495 g/mol. The molecule has 4 heterocycles. The van der Waals surface area contributed by atoms with Crippen LogP contribution in [0.5, 0.6) is 0 Å². The van der Waals surface area contributed by atoms with Crippen LogP contribution in [-0.4, -0.2) is 79.6 Å². The number of pyridine rings is 1. The Bertz CT molecular complexity index is 1500. The van der Waals surface area contributed by atoms with Crippen molar-refractivity contribution in [3.63, 3.8) is 0 Å². The first-order valence-electron chi connectivity index (χ1n) is 11.1. The van der Waals surface area contributed by atoms with Crippen molar-refractivity contribution in [2.45, 2.75) is 0 Å². The number of halogens is 1. The fourth-order valence-electron chi connectivity index (χ4n) is 3.87. The standard InChI is InChI=1S/C23H26FN9OS/c1-31-9-11-32(12-10-31)19-8-7-17(13-18(19)24)27-23-25-14-16-15-26-33(22(16)29-23)21-6-4-5-20(28-21)30-35(2,3)34/h4-8,13-15H,9-12H2,1-3H3,(H,25,27,29). The molecule has 1 aliphatic heterocycles. The van der Waals surface area contributed by atoms with Crippen molar-refractivity contribution in [2.75, 3.05) is 56.0 Å². The van der Waals surface area contributed by atoms with Crippen molar-refractivity contribution in [3.8, 4) is 5.82 Å². The molecule has 1 saturated heterocycles. The van der Waals surface area contributed by atoms with Gasteiger partial charge in [-0.25, -0.2) is 18.6 Å². The molecule has 182 valence electrons. The molecule has 0 bridgehead atoms. The number of fused-ring (bicyclic) bond motifs is 1. The van der Waals surface area contributed by atoms with Gasteiger partial charge in [-0.15, -0.1) is 0 Å². The number of nitrogens with zero attached hydrogens (tertiary/aromatic N) is 8. The van der Waals surface area contributed by atoms with Crippen LogP contribution >= 0.6 is 0 Å². The summed E-state index contributed by atoms with van der Waals surface area (Å²) in [4.78, 5) is 17.6. The van der Waals surface area contributed by atoms with Crippen LogP contribution in [0.3, 0.4) is 0 Å². The lowest BCUT2D eigenvalue weighted by atomic mass is 10.2. The molecule has 1 aliphatic rings. The van der Waals surface area contributed by atoms with E-state index in [-0.39, 0.29) is 5.82 Å². The molecule has 0 spiro atoms. The topological polar surface area (TPSA) is 104 Å². The molecule has 4 aromatic rings. The molecule has 5 rings (SSSR count). The third-order valence-corrected chi connectivity index (χ3v) is 6.23. The van der Waals surface area contributed by atoms with Crippen molar-refractivity contribution in [3.05, 3.63) is 54.6 Å². The average molecular weight is 496 g/mol. The fraction of sp³-hybridized carbons (Fsp3) is 0.304. The number of anilines is 3. The maximum Gasteiger partial charge on any atom is 0.229 e. The maximum absolute atomic E-state index is 14.9. The zero-order valence-electron chi connectivity index (χ0n) is 19.7. The van der Waals surface area contributed by atoms with E-state index in [0.29, 0.717) is 40.0 Å². The second-order valence-corrected chi connectivity index (χ2v) is 11.3. The van der Waals surface area contributed by atoms with Crippen molar-refractivity contribution in [1.29, 1.82) is 0 Å². The molecular weight excluding hydrogens is 469 g/mol. The third kappa shape index (κ3) is 5.23. The Labute approximate surface area is 203 Å². The number of likely N-dealkylation sites (N-methyl/N-ethyl adjacent to an activating group) is 1. The van der Waals surface area contributed by atoms with E-state index in [1.54, 1.807) is 53.9 Å². The van der Waals surface area contributed by atoms with Gasteiger partial charge >= 0.3 is 0 Å². The van der Waals surface area contributed by atoms with Crippen LogP contribution in [0.15, 0.2) is 53.2 Å². The first-order chi connectivity index (χ1) is 16.7. The first-order valence-corrected chi connectivity index (χ1v) is 13.4. The highest BCUT2D eigenvalue weighted by atomic mass is 32.2. The molecule has 0 aliphatic carbocycles. The lowest BCUT2D eigenvalue weighted by Crippen LogP contribution is -2.44. The molecule has 0 unspecified atom stereocenters. The zero-order chi connectivity index (χ0) is 24.6. The highest BCUT2D eigenvalue weighted by molar-refractivity contribution is 7.92. The summed E-state index contributed by atoms with van der Waals surface area (Å²) >= 11 is 0. The Morgan fingerprint density at radius 3 is 2.60 bits per heavy atom. The Morgan fingerprint density at radius 1 is 1.06 bits per heavy atom. The van der Waals surface area contributed by atoms with Gasteiger partial charge in [0.05, 0.1) is 17.3 Å². The van der Waals surface area contributed by atoms with E-state index in [9.17, 15) is 8.60 Å². The van der Waals surface area contributed by atoms with Gasteiger partial charge in [-0.1, -0.05) is 6.07 Å². The summed E-state index contributed by atoms with van der Waals surface area (Å²) in [7, 11) is -0.282. The van der Waals surface area contributed by atoms with E-state index in [2.05, 4.69) is 46.6 Å². The lowest BCUT2D eigenvalue weighted by Gasteiger charge is -2.34. The number of hydrogen-bond donors (Lipinski definition) is 1. The second kappa shape index (κ2) is 9.19. The summed E-state index contributed by atoms with van der Waals surface area (Å²) in [6, 6.07) is 10.3. The highest BCUT2D eigenvalue weighted by Gasteiger charge is 2.18. The van der Waals surface area contributed by atoms with E-state index in [1.807, 2.05) is 6.07 Å². The number of aromatic nitrogens is 5. The third-order valence-electron chi connectivity index (χ3n) is 5.61. The summed E-state index contributed by atoms with van der Waals surface area (Å²) in [6.07, 6.45) is 6.38. The van der Waals surface area contributed by atoms with E-state index in [1.165, 1.54) is 6.07 Å². The number of piperazine rings is 1. The van der Waals surface area contributed by atoms with Crippen LogP contribution in [0.25, 0.3) is 16.9 Å². The predicted molar refractivity (Wildman–Crippen MR) is 136 cm³/mol. The minimum absolute atomic E-state index is 0.293. The molecule has 1 aromatic carbocycles. The second-order valence-electron chi connectivity index (χ2n) is 8.74. The first kappa shape index (κ1) is 23.1. The summed E-state index contributed by atoms with van der Waals surface area (Å²) in [5, 5.41) is 8.17. The number of rotatable bonds is 5. The van der Waals surface area contributed by atoms with E-state index >= 15 is 0 Å². The highest BCUT2D eigenvalue weighted by Crippen LogP contribution is 2.26. The summed E-state index contributed by atoms with van der Waals surface area (Å²) < 4.78 is 32.7. The van der Waals surface area contributed by atoms with Crippen molar-refractivity contribution in [2.24, 2.45) is 4.36 Å². The SMILES string of the molecule is CN1CCN(c2ccc(Nc3ncc4cnn(-c5cccc(N=S(C)(C)=O)n5)c4n3)cc2F)CC1. The van der Waals surface area contributed by atoms with Crippen molar-refractivity contribution in [1.82, 2.24) is 29.6 Å². The molecule has 3 aromatic heterocycles. The quantitative estimate of drug-likeness (QED) is 0.450. The Hall–Kier alpha value is -3.64. The molecular formula is C23H26FN9OS. The number of nitrogens with one attached hydrogen (secondary N) is 1. The van der Waals surface area contributed by atoms with E-state index in [4.69, 9.17) is 0 Å². The van der Waals surface area contributed by atoms with E-state index < -0.39 is 9.73 Å². The smallest absolute Gasteiger partial charge is 0.229 e. The lowest BCUT2D eigenvalue weighted by molar-refractivity contribution is 0.311. The molecule has 0 amide bonds. The van der Waals surface area contributed by atoms with Crippen LogP contribution in [0.4, 0.5) is 27.5 Å². The van der Waals surface area contributed by atoms with Gasteiger partial charge in [-0.05, 0) is 37.4 Å². The van der Waals surface area contributed by atoms with Gasteiger partial charge in [-0.3, -0.25) is 0 Å². The Kier molecular flexibility index (Phi) is 6.07. The normalized spacial score (nSPS) is 14.9. The van der Waals surface area contributed by atoms with Crippen LogP contribution in [0, 0.1) is 5.82 Å². The van der Waals surface area contributed by atoms with Gasteiger partial charge in [-0.2, -0.15) is 19.1 Å². The Morgan fingerprint density at radius 2 is 1.86 bits per heavy atom. The largest absolute Gasteiger partial charge is 0.367 e. The van der Waals surface area contributed by atoms with Gasteiger partial charge in [0.2, 0.25) is 5.95 Å². The molecule has 10 nitrogen and oxygen atoms in total. The fourth-order valence-corrected chi connectivity index (χ4v) is 4.42. The minimum atomic E-state index is -2.35. The van der Waals surface area contributed by atoms with Crippen LogP contribution < -0.4 is 10.2 Å². The van der Waals surface area contributed by atoms with E-state index in [0.717, 1.165) is 26.2 Å². The molecule has 35 heavy (non-hydrogen) atoms. The summed E-state index contributed by atoms with van der Waals surface area (Å²) in [5.41, 5.74) is 1.67. The number of benzene rings is 1. The van der Waals surface area contributed by atoms with Gasteiger partial charge in [0.25, 0.3) is 0 Å². The van der Waals surface area contributed by atoms with Gasteiger partial charge < -0.3 is 15.1 Å². The summed E-state index contributed by atoms with van der Waals surface area (Å²) in [5.74, 6) is 0.845. The van der Waals surface area contributed by atoms with Crippen molar-refractivity contribution >= 4 is 43.9 Å². The minimum Gasteiger partial charge on any atom is -0.367 e. The predicted octanol–water partition coefficient (Wildman–Crippen LogP) is 3.20. The maximum atomic E-state index is 14.9. The molecule has 1 fully saturated rings. The number of hydrogen-bond acceptors (Lipinski definition) is 9. The molecule has 0 saturated carbocycles.